The van der Waals surface area contributed by atoms with E-state index in [0.717, 1.165) is 22.3 Å². The third-order valence-electron chi connectivity index (χ3n) is 4.21. The molecule has 2 aromatic heterocycles. The first-order valence-electron chi connectivity index (χ1n) is 7.81. The van der Waals surface area contributed by atoms with Gasteiger partial charge < -0.3 is 9.88 Å². The van der Waals surface area contributed by atoms with Crippen molar-refractivity contribution in [3.63, 3.8) is 0 Å². The van der Waals surface area contributed by atoms with Crippen molar-refractivity contribution in [3.05, 3.63) is 50.3 Å². The first kappa shape index (κ1) is 17.7. The Bertz CT molecular complexity index is 787. The molecule has 1 saturated heterocycles. The summed E-state index contributed by atoms with van der Waals surface area (Å²) in [6, 6.07) is 2.98. The SMILES string of the molecule is O=C(Cc1ccc(=O)[nH]c1)N1CCC(c2nc(C(F)(F)F)cs2)CC1. The minimum atomic E-state index is -4.41. The van der Waals surface area contributed by atoms with Gasteiger partial charge in [-0.1, -0.05) is 6.07 Å². The number of alkyl halides is 3. The van der Waals surface area contributed by atoms with Gasteiger partial charge in [-0.2, -0.15) is 13.2 Å². The van der Waals surface area contributed by atoms with Crippen molar-refractivity contribution in [1.29, 1.82) is 0 Å². The van der Waals surface area contributed by atoms with Crippen LogP contribution in [-0.2, 0) is 17.4 Å². The molecule has 25 heavy (non-hydrogen) atoms. The molecule has 3 rings (SSSR count). The number of hydrogen-bond donors (Lipinski definition) is 1. The van der Waals surface area contributed by atoms with Gasteiger partial charge in [-0.25, -0.2) is 4.98 Å². The summed E-state index contributed by atoms with van der Waals surface area (Å²) in [5.41, 5.74) is -0.343. The lowest BCUT2D eigenvalue weighted by Crippen LogP contribution is -2.38. The topological polar surface area (TPSA) is 66.1 Å². The molecule has 0 atom stereocenters. The highest BCUT2D eigenvalue weighted by molar-refractivity contribution is 7.09. The molecule has 0 bridgehead atoms. The number of nitrogens with zero attached hydrogens (tertiary/aromatic N) is 2. The van der Waals surface area contributed by atoms with Gasteiger partial charge >= 0.3 is 6.18 Å². The van der Waals surface area contributed by atoms with Crippen LogP contribution in [0, 0.1) is 0 Å². The molecule has 0 saturated carbocycles. The highest BCUT2D eigenvalue weighted by atomic mass is 32.1. The molecule has 1 N–H and O–H groups in total. The molecule has 0 aromatic carbocycles. The molecule has 0 aliphatic carbocycles. The average Bonchev–Trinajstić information content (AvgIpc) is 3.07. The summed E-state index contributed by atoms with van der Waals surface area (Å²) >= 11 is 1.03. The lowest BCUT2D eigenvalue weighted by Gasteiger charge is -2.31. The fourth-order valence-electron chi connectivity index (χ4n) is 2.82. The average molecular weight is 371 g/mol. The number of piperidine rings is 1. The van der Waals surface area contributed by atoms with Crippen LogP contribution in [0.25, 0.3) is 0 Å². The Morgan fingerprint density at radius 3 is 2.60 bits per heavy atom. The van der Waals surface area contributed by atoms with Crippen LogP contribution in [0.5, 0.6) is 0 Å². The number of aromatic amines is 1. The molecule has 2 aromatic rings. The van der Waals surface area contributed by atoms with E-state index in [9.17, 15) is 22.8 Å². The highest BCUT2D eigenvalue weighted by Crippen LogP contribution is 2.35. The summed E-state index contributed by atoms with van der Waals surface area (Å²) in [4.78, 5) is 31.3. The van der Waals surface area contributed by atoms with Gasteiger partial charge in [-0.05, 0) is 18.4 Å². The van der Waals surface area contributed by atoms with E-state index < -0.39 is 11.9 Å². The molecule has 9 heteroatoms. The summed E-state index contributed by atoms with van der Waals surface area (Å²) in [7, 11) is 0. The lowest BCUT2D eigenvalue weighted by atomic mass is 9.97. The number of amides is 1. The van der Waals surface area contributed by atoms with Crippen LogP contribution >= 0.6 is 11.3 Å². The molecule has 0 unspecified atom stereocenters. The third kappa shape index (κ3) is 4.28. The number of nitrogens with one attached hydrogen (secondary N) is 1. The van der Waals surface area contributed by atoms with Crippen LogP contribution in [0.2, 0.25) is 0 Å². The van der Waals surface area contributed by atoms with Gasteiger partial charge in [0, 0.05) is 36.7 Å². The third-order valence-corrected chi connectivity index (χ3v) is 5.22. The molecular weight excluding hydrogens is 355 g/mol. The second-order valence-corrected chi connectivity index (χ2v) is 6.85. The molecule has 1 fully saturated rings. The predicted octanol–water partition coefficient (Wildman–Crippen LogP) is 2.80. The number of rotatable bonds is 3. The van der Waals surface area contributed by atoms with Gasteiger partial charge in [-0.15, -0.1) is 11.3 Å². The molecule has 1 amide bonds. The van der Waals surface area contributed by atoms with Gasteiger partial charge in [0.1, 0.15) is 0 Å². The Kier molecular flexibility index (Phi) is 4.94. The second-order valence-electron chi connectivity index (χ2n) is 5.96. The number of carbonyl (C=O) groups is 1. The van der Waals surface area contributed by atoms with Crippen molar-refractivity contribution < 1.29 is 18.0 Å². The van der Waals surface area contributed by atoms with E-state index in [0.29, 0.717) is 30.9 Å². The van der Waals surface area contributed by atoms with Crippen molar-refractivity contribution in [3.8, 4) is 0 Å². The standard InChI is InChI=1S/C16H16F3N3O2S/c17-16(18,19)12-9-25-15(21-12)11-3-5-22(6-4-11)14(24)7-10-1-2-13(23)20-8-10/h1-2,8-9,11H,3-7H2,(H,20,23). The monoisotopic (exact) mass is 371 g/mol. The number of H-pyrrole nitrogens is 1. The van der Waals surface area contributed by atoms with Gasteiger partial charge in [0.05, 0.1) is 11.4 Å². The van der Waals surface area contributed by atoms with Gasteiger partial charge in [-0.3, -0.25) is 9.59 Å². The first-order valence-corrected chi connectivity index (χ1v) is 8.69. The van der Waals surface area contributed by atoms with Crippen LogP contribution in [0.3, 0.4) is 0 Å². The van der Waals surface area contributed by atoms with E-state index in [2.05, 4.69) is 9.97 Å². The first-order chi connectivity index (χ1) is 11.8. The number of likely N-dealkylation sites (tertiary alicyclic amines) is 1. The quantitative estimate of drug-likeness (QED) is 0.902. The molecular formula is C16H16F3N3O2S. The van der Waals surface area contributed by atoms with Crippen molar-refractivity contribution in [2.75, 3.05) is 13.1 Å². The number of halogens is 3. The zero-order chi connectivity index (χ0) is 18.0. The fourth-order valence-corrected chi connectivity index (χ4v) is 3.82. The Balaban J connectivity index is 1.56. The predicted molar refractivity (Wildman–Crippen MR) is 86.4 cm³/mol. The molecule has 1 aliphatic heterocycles. The number of pyridine rings is 1. The number of aromatic nitrogens is 2. The Hall–Kier alpha value is -2.16. The maximum Gasteiger partial charge on any atom is 0.434 e. The number of carbonyl (C=O) groups excluding carboxylic acids is 1. The smallest absolute Gasteiger partial charge is 0.342 e. The fraction of sp³-hybridized carbons (Fsp3) is 0.438. The maximum atomic E-state index is 12.6. The van der Waals surface area contributed by atoms with E-state index in [1.807, 2.05) is 0 Å². The van der Waals surface area contributed by atoms with Crippen LogP contribution in [0.1, 0.15) is 35.0 Å². The molecule has 0 radical (unpaired) electrons. The zero-order valence-corrected chi connectivity index (χ0v) is 14.0. The van der Waals surface area contributed by atoms with Crippen LogP contribution in [0.4, 0.5) is 13.2 Å². The Morgan fingerprint density at radius 2 is 2.04 bits per heavy atom. The van der Waals surface area contributed by atoms with Crippen LogP contribution in [-0.4, -0.2) is 33.9 Å². The Labute approximate surface area is 145 Å². The van der Waals surface area contributed by atoms with Crippen molar-refractivity contribution in [1.82, 2.24) is 14.9 Å². The highest BCUT2D eigenvalue weighted by Gasteiger charge is 2.35. The maximum absolute atomic E-state index is 12.6. The summed E-state index contributed by atoms with van der Waals surface area (Å²) in [6.07, 6.45) is -1.51. The molecule has 3 heterocycles. The van der Waals surface area contributed by atoms with E-state index in [1.165, 1.54) is 12.3 Å². The zero-order valence-electron chi connectivity index (χ0n) is 13.2. The molecule has 134 valence electrons. The van der Waals surface area contributed by atoms with Crippen molar-refractivity contribution in [2.24, 2.45) is 0 Å². The summed E-state index contributed by atoms with van der Waals surface area (Å²) in [6.45, 7) is 0.988. The number of thiazole rings is 1. The minimum absolute atomic E-state index is 0.0433. The van der Waals surface area contributed by atoms with Gasteiger partial charge in [0.25, 0.3) is 0 Å². The number of hydrogen-bond acceptors (Lipinski definition) is 4. The summed E-state index contributed by atoms with van der Waals surface area (Å²) < 4.78 is 37.9. The second kappa shape index (κ2) is 6.99. The molecule has 5 nitrogen and oxygen atoms in total. The van der Waals surface area contributed by atoms with Crippen molar-refractivity contribution >= 4 is 17.2 Å². The van der Waals surface area contributed by atoms with E-state index in [4.69, 9.17) is 0 Å². The minimum Gasteiger partial charge on any atom is -0.342 e. The van der Waals surface area contributed by atoms with Crippen LogP contribution in [0.15, 0.2) is 28.5 Å². The Morgan fingerprint density at radius 1 is 1.32 bits per heavy atom. The van der Waals surface area contributed by atoms with Gasteiger partial charge in [0.2, 0.25) is 11.5 Å². The molecule has 1 aliphatic rings. The van der Waals surface area contributed by atoms with E-state index in [1.54, 1.807) is 11.0 Å². The normalized spacial score (nSPS) is 16.2. The lowest BCUT2D eigenvalue weighted by molar-refractivity contribution is -0.140. The van der Waals surface area contributed by atoms with Crippen LogP contribution < -0.4 is 5.56 Å². The molecule has 0 spiro atoms. The largest absolute Gasteiger partial charge is 0.434 e. The summed E-state index contributed by atoms with van der Waals surface area (Å²) in [5, 5.41) is 1.53. The van der Waals surface area contributed by atoms with E-state index >= 15 is 0 Å². The van der Waals surface area contributed by atoms with E-state index in [-0.39, 0.29) is 23.8 Å². The van der Waals surface area contributed by atoms with Gasteiger partial charge in [0.15, 0.2) is 5.69 Å². The van der Waals surface area contributed by atoms with Crippen molar-refractivity contribution in [2.45, 2.75) is 31.4 Å². The summed E-state index contributed by atoms with van der Waals surface area (Å²) in [5.74, 6) is -0.0983.